The normalized spacial score (nSPS) is 8.17. The Hall–Kier alpha value is -1.58. The number of hydrogen-bond donors (Lipinski definition) is 2. The maximum absolute atomic E-state index is 9.00. The number of pyridine rings is 1. The van der Waals surface area contributed by atoms with E-state index < -0.39 is 6.03 Å². The van der Waals surface area contributed by atoms with Gasteiger partial charge in [-0.2, -0.15) is 0 Å². The highest BCUT2D eigenvalue weighted by molar-refractivity contribution is 5.69. The molecule has 0 saturated heterocycles. The van der Waals surface area contributed by atoms with Crippen molar-refractivity contribution in [2.45, 2.75) is 13.8 Å². The van der Waals surface area contributed by atoms with E-state index in [-0.39, 0.29) is 0 Å². The quantitative estimate of drug-likeness (QED) is 0.597. The minimum Gasteiger partial charge on any atom is -0.352 e. The van der Waals surface area contributed by atoms with Crippen molar-refractivity contribution >= 4 is 6.03 Å². The number of nitrogens with two attached hydrogens (primary N) is 2. The highest BCUT2D eigenvalue weighted by atomic mass is 16.2. The van der Waals surface area contributed by atoms with Gasteiger partial charge in [-0.25, -0.2) is 4.79 Å². The van der Waals surface area contributed by atoms with Crippen LogP contribution in [0.1, 0.15) is 11.4 Å². The molecule has 1 rings (SSSR count). The molecule has 0 aliphatic carbocycles. The Kier molecular flexibility index (Phi) is 4.45. The van der Waals surface area contributed by atoms with Crippen molar-refractivity contribution in [2.24, 2.45) is 11.5 Å². The van der Waals surface area contributed by atoms with E-state index in [2.05, 4.69) is 16.5 Å². The van der Waals surface area contributed by atoms with Crippen molar-refractivity contribution < 1.29 is 4.79 Å². The van der Waals surface area contributed by atoms with Crippen LogP contribution in [0, 0.1) is 13.8 Å². The van der Waals surface area contributed by atoms with E-state index in [0.29, 0.717) is 0 Å². The molecule has 4 heteroatoms. The number of nitrogens with zero attached hydrogens (tertiary/aromatic N) is 1. The van der Waals surface area contributed by atoms with Gasteiger partial charge in [-0.05, 0) is 26.0 Å². The summed E-state index contributed by atoms with van der Waals surface area (Å²) in [5, 5.41) is 0. The standard InChI is InChI=1S/C7H9N.CH4N2O/c1-6-4-3-5-7(2)8-6;2-1(3)4/h3-5H,1-2H3;(H4,2,3,4). The summed E-state index contributed by atoms with van der Waals surface area (Å²) in [7, 11) is 0. The van der Waals surface area contributed by atoms with E-state index in [0.717, 1.165) is 11.4 Å². The second-order valence-corrected chi connectivity index (χ2v) is 2.32. The monoisotopic (exact) mass is 167 g/mol. The maximum Gasteiger partial charge on any atom is 0.309 e. The number of carbonyl (C=O) groups excluding carboxylic acids is 1. The van der Waals surface area contributed by atoms with Gasteiger partial charge in [0.1, 0.15) is 0 Å². The molecule has 4 nitrogen and oxygen atoms in total. The summed E-state index contributed by atoms with van der Waals surface area (Å²) in [6.45, 7) is 3.99. The number of urea groups is 1. The summed E-state index contributed by atoms with van der Waals surface area (Å²) in [4.78, 5) is 13.2. The van der Waals surface area contributed by atoms with Crippen LogP contribution in [-0.2, 0) is 0 Å². The second-order valence-electron chi connectivity index (χ2n) is 2.32. The third kappa shape index (κ3) is 6.54. The third-order valence-electron chi connectivity index (χ3n) is 1.03. The van der Waals surface area contributed by atoms with E-state index >= 15 is 0 Å². The fraction of sp³-hybridized carbons (Fsp3) is 0.250. The minimum atomic E-state index is -0.833. The van der Waals surface area contributed by atoms with Crippen molar-refractivity contribution in [2.75, 3.05) is 0 Å². The molecule has 1 aromatic rings. The average Bonchev–Trinajstić information content (AvgIpc) is 1.84. The maximum atomic E-state index is 9.00. The van der Waals surface area contributed by atoms with Gasteiger partial charge in [0.2, 0.25) is 0 Å². The van der Waals surface area contributed by atoms with Gasteiger partial charge >= 0.3 is 6.03 Å². The van der Waals surface area contributed by atoms with E-state index in [9.17, 15) is 0 Å². The van der Waals surface area contributed by atoms with Crippen LogP contribution < -0.4 is 11.5 Å². The average molecular weight is 167 g/mol. The van der Waals surface area contributed by atoms with Crippen molar-refractivity contribution in [1.82, 2.24) is 4.98 Å². The van der Waals surface area contributed by atoms with Crippen LogP contribution in [0.2, 0.25) is 0 Å². The molecule has 12 heavy (non-hydrogen) atoms. The Bertz CT molecular complexity index is 239. The summed E-state index contributed by atoms with van der Waals surface area (Å²) < 4.78 is 0. The third-order valence-corrected chi connectivity index (χ3v) is 1.03. The number of amides is 2. The smallest absolute Gasteiger partial charge is 0.309 e. The lowest BCUT2D eigenvalue weighted by Crippen LogP contribution is -2.18. The first kappa shape index (κ1) is 10.4. The predicted octanol–water partition coefficient (Wildman–Crippen LogP) is 0.722. The fourth-order valence-electron chi connectivity index (χ4n) is 0.679. The molecule has 0 aliphatic rings. The number of carbonyl (C=O) groups is 1. The molecule has 0 saturated carbocycles. The van der Waals surface area contributed by atoms with Gasteiger partial charge < -0.3 is 11.5 Å². The van der Waals surface area contributed by atoms with Gasteiger partial charge in [-0.15, -0.1) is 0 Å². The van der Waals surface area contributed by atoms with Gasteiger partial charge in [-0.1, -0.05) is 6.07 Å². The van der Waals surface area contributed by atoms with Crippen molar-refractivity contribution in [3.63, 3.8) is 0 Å². The van der Waals surface area contributed by atoms with Crippen LogP contribution in [-0.4, -0.2) is 11.0 Å². The van der Waals surface area contributed by atoms with Crippen LogP contribution in [0.25, 0.3) is 0 Å². The Balaban J connectivity index is 0.000000261. The fourth-order valence-corrected chi connectivity index (χ4v) is 0.679. The van der Waals surface area contributed by atoms with E-state index in [1.54, 1.807) is 0 Å². The molecular weight excluding hydrogens is 154 g/mol. The summed E-state index contributed by atoms with van der Waals surface area (Å²) >= 11 is 0. The molecule has 0 radical (unpaired) electrons. The van der Waals surface area contributed by atoms with Gasteiger partial charge in [0.15, 0.2) is 0 Å². The van der Waals surface area contributed by atoms with E-state index in [4.69, 9.17) is 4.79 Å². The summed E-state index contributed by atoms with van der Waals surface area (Å²) in [6, 6.07) is 5.16. The van der Waals surface area contributed by atoms with Crippen molar-refractivity contribution in [1.29, 1.82) is 0 Å². The molecule has 0 fully saturated rings. The Morgan fingerprint density at radius 2 is 1.58 bits per heavy atom. The molecule has 4 N–H and O–H groups in total. The van der Waals surface area contributed by atoms with Crippen molar-refractivity contribution in [3.05, 3.63) is 29.6 Å². The van der Waals surface area contributed by atoms with E-state index in [1.165, 1.54) is 0 Å². The molecular formula is C8H13N3O. The zero-order valence-corrected chi connectivity index (χ0v) is 7.24. The molecule has 1 aromatic heterocycles. The largest absolute Gasteiger partial charge is 0.352 e. The van der Waals surface area contributed by atoms with Crippen molar-refractivity contribution in [3.8, 4) is 0 Å². The Labute approximate surface area is 71.6 Å². The van der Waals surface area contributed by atoms with E-state index in [1.807, 2.05) is 32.0 Å². The lowest BCUT2D eigenvalue weighted by atomic mass is 10.3. The van der Waals surface area contributed by atoms with Crippen LogP contribution in [0.3, 0.4) is 0 Å². The summed E-state index contributed by atoms with van der Waals surface area (Å²) in [5.74, 6) is 0. The molecule has 1 heterocycles. The second kappa shape index (κ2) is 5.12. The molecule has 66 valence electrons. The zero-order valence-electron chi connectivity index (χ0n) is 7.24. The minimum absolute atomic E-state index is 0.833. The van der Waals surface area contributed by atoms with Gasteiger partial charge in [-0.3, -0.25) is 4.98 Å². The van der Waals surface area contributed by atoms with Crippen LogP contribution >= 0.6 is 0 Å². The Morgan fingerprint density at radius 1 is 1.25 bits per heavy atom. The lowest BCUT2D eigenvalue weighted by Gasteiger charge is -1.90. The summed E-state index contributed by atoms with van der Waals surface area (Å²) in [6.07, 6.45) is 0. The first-order valence-electron chi connectivity index (χ1n) is 3.47. The number of primary amides is 2. The van der Waals surface area contributed by atoms with Crippen LogP contribution in [0.15, 0.2) is 18.2 Å². The molecule has 0 bridgehead atoms. The van der Waals surface area contributed by atoms with Gasteiger partial charge in [0.25, 0.3) is 0 Å². The summed E-state index contributed by atoms with van der Waals surface area (Å²) in [5.41, 5.74) is 10.7. The topological polar surface area (TPSA) is 82.0 Å². The number of aryl methyl sites for hydroxylation is 2. The zero-order chi connectivity index (χ0) is 9.56. The molecule has 2 amide bonds. The molecule has 0 unspecified atom stereocenters. The Morgan fingerprint density at radius 3 is 1.75 bits per heavy atom. The predicted molar refractivity (Wildman–Crippen MR) is 47.5 cm³/mol. The number of rotatable bonds is 0. The molecule has 0 aromatic carbocycles. The van der Waals surface area contributed by atoms with Crippen LogP contribution in [0.5, 0.6) is 0 Å². The number of hydrogen-bond acceptors (Lipinski definition) is 2. The highest BCUT2D eigenvalue weighted by Gasteiger charge is 1.82. The molecule has 0 atom stereocenters. The first-order chi connectivity index (χ1) is 5.52. The van der Waals surface area contributed by atoms with Gasteiger partial charge in [0, 0.05) is 11.4 Å². The highest BCUT2D eigenvalue weighted by Crippen LogP contribution is 1.93. The molecule has 0 spiro atoms. The van der Waals surface area contributed by atoms with Crippen LogP contribution in [0.4, 0.5) is 4.79 Å². The lowest BCUT2D eigenvalue weighted by molar-refractivity contribution is 0.256. The first-order valence-corrected chi connectivity index (χ1v) is 3.47. The SMILES string of the molecule is Cc1cccc(C)n1.NC(N)=O. The van der Waals surface area contributed by atoms with Gasteiger partial charge in [0.05, 0.1) is 0 Å². The molecule has 0 aliphatic heterocycles. The number of aromatic nitrogens is 1.